The van der Waals surface area contributed by atoms with Gasteiger partial charge in [-0.2, -0.15) is 0 Å². The van der Waals surface area contributed by atoms with Crippen LogP contribution in [0.1, 0.15) is 55.6 Å². The summed E-state index contributed by atoms with van der Waals surface area (Å²) in [5, 5.41) is 3.04. The SMILES string of the molecule is CCCCCCC(C)NC(=O)c1sc2cccnc2c1N. The Bertz CT molecular complexity index is 609. The molecule has 0 spiro atoms. The van der Waals surface area contributed by atoms with Gasteiger partial charge in [0.1, 0.15) is 10.4 Å². The summed E-state index contributed by atoms with van der Waals surface area (Å²) in [6.45, 7) is 4.25. The molecule has 1 unspecified atom stereocenters. The highest BCUT2D eigenvalue weighted by Crippen LogP contribution is 2.31. The van der Waals surface area contributed by atoms with E-state index >= 15 is 0 Å². The summed E-state index contributed by atoms with van der Waals surface area (Å²) >= 11 is 1.41. The summed E-state index contributed by atoms with van der Waals surface area (Å²) in [6.07, 6.45) is 7.57. The Kier molecular flexibility index (Phi) is 5.56. The van der Waals surface area contributed by atoms with Crippen LogP contribution in [-0.4, -0.2) is 16.9 Å². The van der Waals surface area contributed by atoms with Crippen LogP contribution in [0.3, 0.4) is 0 Å². The van der Waals surface area contributed by atoms with Gasteiger partial charge < -0.3 is 11.1 Å². The fraction of sp³-hybridized carbons (Fsp3) is 0.500. The zero-order valence-corrected chi connectivity index (χ0v) is 13.5. The van der Waals surface area contributed by atoms with Crippen molar-refractivity contribution >= 4 is 33.1 Å². The summed E-state index contributed by atoms with van der Waals surface area (Å²) in [4.78, 5) is 17.1. The predicted molar refractivity (Wildman–Crippen MR) is 89.7 cm³/mol. The average Bonchev–Trinajstić information content (AvgIpc) is 2.81. The van der Waals surface area contributed by atoms with Gasteiger partial charge in [-0.05, 0) is 25.5 Å². The Morgan fingerprint density at radius 3 is 2.95 bits per heavy atom. The normalized spacial score (nSPS) is 12.5. The number of nitrogens with zero attached hydrogens (tertiary/aromatic N) is 1. The van der Waals surface area contributed by atoms with Crippen molar-refractivity contribution in [1.82, 2.24) is 10.3 Å². The fourth-order valence-corrected chi connectivity index (χ4v) is 3.34. The number of rotatable bonds is 7. The number of nitrogens with one attached hydrogen (secondary N) is 1. The number of hydrogen-bond donors (Lipinski definition) is 2. The van der Waals surface area contributed by atoms with Crippen molar-refractivity contribution < 1.29 is 4.79 Å². The molecular formula is C16H23N3OS. The molecule has 0 aliphatic carbocycles. The lowest BCUT2D eigenvalue weighted by Gasteiger charge is -2.13. The number of nitrogen functional groups attached to an aromatic ring is 1. The largest absolute Gasteiger partial charge is 0.396 e. The Balaban J connectivity index is 1.97. The van der Waals surface area contributed by atoms with Gasteiger partial charge >= 0.3 is 0 Å². The van der Waals surface area contributed by atoms with E-state index in [1.54, 1.807) is 6.20 Å². The van der Waals surface area contributed by atoms with Crippen molar-refractivity contribution in [2.24, 2.45) is 0 Å². The predicted octanol–water partition coefficient (Wildman–Crippen LogP) is 3.97. The van der Waals surface area contributed by atoms with Gasteiger partial charge in [0.2, 0.25) is 0 Å². The maximum absolute atomic E-state index is 12.3. The van der Waals surface area contributed by atoms with E-state index in [4.69, 9.17) is 5.73 Å². The number of unbranched alkanes of at least 4 members (excludes halogenated alkanes) is 3. The topological polar surface area (TPSA) is 68.0 Å². The number of nitrogens with two attached hydrogens (primary N) is 1. The number of hydrogen-bond acceptors (Lipinski definition) is 4. The first kappa shape index (κ1) is 15.8. The quantitative estimate of drug-likeness (QED) is 0.761. The van der Waals surface area contributed by atoms with Gasteiger partial charge in [-0.15, -0.1) is 11.3 Å². The first-order valence-corrected chi connectivity index (χ1v) is 8.39. The second-order valence-corrected chi connectivity index (χ2v) is 6.47. The molecule has 1 atom stereocenters. The number of fused-ring (bicyclic) bond motifs is 1. The van der Waals surface area contributed by atoms with Gasteiger partial charge in [-0.25, -0.2) is 0 Å². The number of carbonyl (C=O) groups is 1. The van der Waals surface area contributed by atoms with Crippen molar-refractivity contribution in [1.29, 1.82) is 0 Å². The Morgan fingerprint density at radius 2 is 2.24 bits per heavy atom. The van der Waals surface area contributed by atoms with Crippen LogP contribution in [0, 0.1) is 0 Å². The molecule has 0 fully saturated rings. The van der Waals surface area contributed by atoms with E-state index in [1.165, 1.54) is 30.6 Å². The Labute approximate surface area is 129 Å². The molecule has 0 radical (unpaired) electrons. The van der Waals surface area contributed by atoms with Gasteiger partial charge in [0.25, 0.3) is 5.91 Å². The highest BCUT2D eigenvalue weighted by Gasteiger charge is 2.18. The van der Waals surface area contributed by atoms with Gasteiger partial charge in [0.05, 0.1) is 10.4 Å². The van der Waals surface area contributed by atoms with Crippen LogP contribution in [0.2, 0.25) is 0 Å². The minimum absolute atomic E-state index is 0.0847. The molecule has 2 heterocycles. The Morgan fingerprint density at radius 1 is 1.43 bits per heavy atom. The number of anilines is 1. The van der Waals surface area contributed by atoms with E-state index in [0.29, 0.717) is 10.6 Å². The third-order valence-corrected chi connectivity index (χ3v) is 4.72. The fourth-order valence-electron chi connectivity index (χ4n) is 2.36. The summed E-state index contributed by atoms with van der Waals surface area (Å²) in [6, 6.07) is 3.97. The lowest BCUT2D eigenvalue weighted by Crippen LogP contribution is -2.32. The Hall–Kier alpha value is -1.62. The zero-order chi connectivity index (χ0) is 15.2. The smallest absolute Gasteiger partial charge is 0.263 e. The van der Waals surface area contributed by atoms with E-state index in [9.17, 15) is 4.79 Å². The van der Waals surface area contributed by atoms with Gasteiger partial charge in [0.15, 0.2) is 0 Å². The minimum Gasteiger partial charge on any atom is -0.396 e. The van der Waals surface area contributed by atoms with E-state index in [-0.39, 0.29) is 11.9 Å². The first-order chi connectivity index (χ1) is 10.1. The molecule has 3 N–H and O–H groups in total. The van der Waals surface area contributed by atoms with Crippen molar-refractivity contribution in [3.8, 4) is 0 Å². The molecule has 1 amide bonds. The van der Waals surface area contributed by atoms with Crippen LogP contribution in [0.4, 0.5) is 5.69 Å². The number of carbonyl (C=O) groups excluding carboxylic acids is 1. The van der Waals surface area contributed by atoms with Crippen LogP contribution in [0.15, 0.2) is 18.3 Å². The number of amides is 1. The highest BCUT2D eigenvalue weighted by molar-refractivity contribution is 7.21. The van der Waals surface area contributed by atoms with Gasteiger partial charge in [-0.1, -0.05) is 32.6 Å². The molecule has 0 bridgehead atoms. The lowest BCUT2D eigenvalue weighted by atomic mass is 10.1. The molecule has 0 aliphatic rings. The molecule has 0 saturated heterocycles. The third-order valence-electron chi connectivity index (χ3n) is 3.56. The summed E-state index contributed by atoms with van der Waals surface area (Å²) in [7, 11) is 0. The summed E-state index contributed by atoms with van der Waals surface area (Å²) < 4.78 is 0.954. The molecule has 2 aromatic rings. The maximum atomic E-state index is 12.3. The molecular weight excluding hydrogens is 282 g/mol. The molecule has 0 aromatic carbocycles. The standard InChI is InChI=1S/C16H23N3OS/c1-3-4-5-6-8-11(2)19-16(20)15-13(17)14-12(21-15)9-7-10-18-14/h7,9-11H,3-6,8,17H2,1-2H3,(H,19,20). The summed E-state index contributed by atoms with van der Waals surface area (Å²) in [5.74, 6) is -0.0847. The van der Waals surface area contributed by atoms with E-state index in [1.807, 2.05) is 19.1 Å². The molecule has 114 valence electrons. The molecule has 4 nitrogen and oxygen atoms in total. The molecule has 5 heteroatoms. The van der Waals surface area contributed by atoms with Crippen molar-refractivity contribution in [3.05, 3.63) is 23.2 Å². The second kappa shape index (κ2) is 7.41. The molecule has 21 heavy (non-hydrogen) atoms. The van der Waals surface area contributed by atoms with E-state index < -0.39 is 0 Å². The molecule has 0 aliphatic heterocycles. The van der Waals surface area contributed by atoms with E-state index in [0.717, 1.165) is 23.1 Å². The lowest BCUT2D eigenvalue weighted by molar-refractivity contribution is 0.0943. The molecule has 2 aromatic heterocycles. The third kappa shape index (κ3) is 3.94. The van der Waals surface area contributed by atoms with Gasteiger partial charge in [-0.3, -0.25) is 9.78 Å². The maximum Gasteiger partial charge on any atom is 0.263 e. The second-order valence-electron chi connectivity index (χ2n) is 5.42. The van der Waals surface area contributed by atoms with Crippen molar-refractivity contribution in [3.63, 3.8) is 0 Å². The minimum atomic E-state index is -0.0847. The highest BCUT2D eigenvalue weighted by atomic mass is 32.1. The summed E-state index contributed by atoms with van der Waals surface area (Å²) in [5.41, 5.74) is 7.26. The average molecular weight is 305 g/mol. The van der Waals surface area contributed by atoms with E-state index in [2.05, 4.69) is 17.2 Å². The van der Waals surface area contributed by atoms with Crippen molar-refractivity contribution in [2.75, 3.05) is 5.73 Å². The van der Waals surface area contributed by atoms with Crippen LogP contribution in [-0.2, 0) is 0 Å². The molecule has 0 saturated carbocycles. The van der Waals surface area contributed by atoms with Crippen LogP contribution >= 0.6 is 11.3 Å². The molecule has 2 rings (SSSR count). The van der Waals surface area contributed by atoms with Crippen LogP contribution < -0.4 is 11.1 Å². The first-order valence-electron chi connectivity index (χ1n) is 7.57. The van der Waals surface area contributed by atoms with Gasteiger partial charge in [0, 0.05) is 12.2 Å². The van der Waals surface area contributed by atoms with Crippen LogP contribution in [0.5, 0.6) is 0 Å². The monoisotopic (exact) mass is 305 g/mol. The number of thiophene rings is 1. The van der Waals surface area contributed by atoms with Crippen molar-refractivity contribution in [2.45, 2.75) is 52.0 Å². The zero-order valence-electron chi connectivity index (χ0n) is 12.7. The number of aromatic nitrogens is 1. The number of pyridine rings is 1. The van der Waals surface area contributed by atoms with Crippen LogP contribution in [0.25, 0.3) is 10.2 Å².